The maximum Gasteiger partial charge on any atom is 0.362 e. The molecule has 3 aliphatic carbocycles. The molecule has 0 aromatic heterocycles. The number of fused-ring (bicyclic) bond motifs is 5. The fraction of sp³-hybridized carbons (Fsp3) is 0.222. The highest BCUT2D eigenvalue weighted by molar-refractivity contribution is 5.97. The van der Waals surface area contributed by atoms with Gasteiger partial charge in [-0.3, -0.25) is 4.79 Å². The van der Waals surface area contributed by atoms with Crippen molar-refractivity contribution in [1.82, 2.24) is 5.48 Å². The van der Waals surface area contributed by atoms with Gasteiger partial charge in [0, 0.05) is 5.92 Å². The molecular weight excluding hydrogens is 278 g/mol. The summed E-state index contributed by atoms with van der Waals surface area (Å²) in [5.41, 5.74) is 5.04. The second-order valence-corrected chi connectivity index (χ2v) is 5.83. The number of hydrogen-bond acceptors (Lipinski definition) is 4. The summed E-state index contributed by atoms with van der Waals surface area (Å²) in [6.07, 6.45) is 8.53. The zero-order valence-electron chi connectivity index (χ0n) is 11.9. The van der Waals surface area contributed by atoms with Crippen LogP contribution in [0.5, 0.6) is 0 Å². The van der Waals surface area contributed by atoms with Crippen LogP contribution in [0.1, 0.15) is 16.8 Å². The molecular formula is C18H15NO3. The molecule has 4 rings (SSSR count). The predicted molar refractivity (Wildman–Crippen MR) is 80.4 cm³/mol. The van der Waals surface area contributed by atoms with Crippen LogP contribution in [0.4, 0.5) is 0 Å². The molecule has 1 aromatic carbocycles. The van der Waals surface area contributed by atoms with Crippen LogP contribution in [-0.4, -0.2) is 11.8 Å². The Labute approximate surface area is 128 Å². The minimum atomic E-state index is -0.436. The Morgan fingerprint density at radius 1 is 1.14 bits per heavy atom. The molecule has 0 spiro atoms. The van der Waals surface area contributed by atoms with Crippen molar-refractivity contribution >= 4 is 11.8 Å². The van der Waals surface area contributed by atoms with Crippen molar-refractivity contribution in [3.63, 3.8) is 0 Å². The lowest BCUT2D eigenvalue weighted by molar-refractivity contribution is -0.117. The molecule has 0 heterocycles. The topological polar surface area (TPSA) is 55.4 Å². The first-order chi connectivity index (χ1) is 10.7. The smallest absolute Gasteiger partial charge is 0.338 e. The molecule has 0 radical (unpaired) electrons. The minimum absolute atomic E-state index is 0.0853. The van der Waals surface area contributed by atoms with Gasteiger partial charge in [0.2, 0.25) is 0 Å². The van der Waals surface area contributed by atoms with E-state index in [0.29, 0.717) is 11.5 Å². The number of allylic oxidation sites excluding steroid dienone is 5. The summed E-state index contributed by atoms with van der Waals surface area (Å²) in [6.45, 7) is 0. The number of hydroxylamine groups is 1. The van der Waals surface area contributed by atoms with Gasteiger partial charge in [0.25, 0.3) is 0 Å². The quantitative estimate of drug-likeness (QED) is 0.687. The monoisotopic (exact) mass is 293 g/mol. The van der Waals surface area contributed by atoms with Crippen molar-refractivity contribution in [2.24, 2.45) is 17.8 Å². The first-order valence-electron chi connectivity index (χ1n) is 7.40. The summed E-state index contributed by atoms with van der Waals surface area (Å²) in [6, 6.07) is 8.82. The zero-order chi connectivity index (χ0) is 15.1. The number of benzene rings is 1. The average Bonchev–Trinajstić information content (AvgIpc) is 3.17. The fourth-order valence-corrected chi connectivity index (χ4v) is 3.59. The number of rotatable bonds is 3. The second kappa shape index (κ2) is 4.98. The van der Waals surface area contributed by atoms with Crippen LogP contribution in [0.3, 0.4) is 0 Å². The van der Waals surface area contributed by atoms with Crippen LogP contribution in [0.15, 0.2) is 65.9 Å². The highest BCUT2D eigenvalue weighted by atomic mass is 16.7. The molecule has 3 unspecified atom stereocenters. The molecule has 2 bridgehead atoms. The summed E-state index contributed by atoms with van der Waals surface area (Å²) in [5, 5.41) is 0. The molecule has 0 amide bonds. The van der Waals surface area contributed by atoms with Gasteiger partial charge in [-0.1, -0.05) is 30.4 Å². The predicted octanol–water partition coefficient (Wildman–Crippen LogP) is 2.56. The molecule has 0 saturated heterocycles. The van der Waals surface area contributed by atoms with Gasteiger partial charge in [0.1, 0.15) is 0 Å². The lowest BCUT2D eigenvalue weighted by Gasteiger charge is -2.25. The van der Waals surface area contributed by atoms with Gasteiger partial charge in [-0.25, -0.2) is 10.3 Å². The summed E-state index contributed by atoms with van der Waals surface area (Å²) >= 11 is 0. The fourth-order valence-electron chi connectivity index (χ4n) is 3.59. The van der Waals surface area contributed by atoms with Gasteiger partial charge in [-0.15, -0.1) is 0 Å². The highest BCUT2D eigenvalue weighted by Gasteiger charge is 2.46. The summed E-state index contributed by atoms with van der Waals surface area (Å²) < 4.78 is 0. The van der Waals surface area contributed by atoms with Crippen LogP contribution in [0.2, 0.25) is 0 Å². The van der Waals surface area contributed by atoms with Gasteiger partial charge in [-0.05, 0) is 42.2 Å². The first-order valence-corrected chi connectivity index (χ1v) is 7.40. The molecule has 0 aliphatic heterocycles. The third-order valence-electron chi connectivity index (χ3n) is 4.57. The molecule has 1 saturated carbocycles. The highest BCUT2D eigenvalue weighted by Crippen LogP contribution is 2.50. The summed E-state index contributed by atoms with van der Waals surface area (Å²) in [5.74, 6) is 0.194. The average molecular weight is 293 g/mol. The van der Waals surface area contributed by atoms with Crippen LogP contribution in [0.25, 0.3) is 0 Å². The van der Waals surface area contributed by atoms with E-state index in [4.69, 9.17) is 4.84 Å². The second-order valence-electron chi connectivity index (χ2n) is 5.83. The van der Waals surface area contributed by atoms with E-state index in [1.165, 1.54) is 0 Å². The van der Waals surface area contributed by atoms with Crippen LogP contribution in [0, 0.1) is 17.8 Å². The minimum Gasteiger partial charge on any atom is -0.338 e. The van der Waals surface area contributed by atoms with Crippen molar-refractivity contribution in [3.05, 3.63) is 71.5 Å². The SMILES string of the molecule is O=C(ONC1=C2C3C=CC(C3)C2C(=O)C=C1)c1ccccc1. The van der Waals surface area contributed by atoms with E-state index in [2.05, 4.69) is 17.6 Å². The van der Waals surface area contributed by atoms with Gasteiger partial charge >= 0.3 is 5.97 Å². The van der Waals surface area contributed by atoms with Crippen molar-refractivity contribution in [2.75, 3.05) is 0 Å². The Morgan fingerprint density at radius 2 is 1.95 bits per heavy atom. The maximum absolute atomic E-state index is 12.1. The molecule has 22 heavy (non-hydrogen) atoms. The molecule has 3 atom stereocenters. The van der Waals surface area contributed by atoms with Gasteiger partial charge in [-0.2, -0.15) is 0 Å². The summed E-state index contributed by atoms with van der Waals surface area (Å²) in [7, 11) is 0. The largest absolute Gasteiger partial charge is 0.362 e. The molecule has 1 aromatic rings. The summed E-state index contributed by atoms with van der Waals surface area (Å²) in [4.78, 5) is 29.3. The molecule has 4 heteroatoms. The third-order valence-corrected chi connectivity index (χ3v) is 4.57. The van der Waals surface area contributed by atoms with E-state index in [1.54, 1.807) is 36.4 Å². The van der Waals surface area contributed by atoms with Crippen molar-refractivity contribution in [2.45, 2.75) is 6.42 Å². The van der Waals surface area contributed by atoms with Crippen LogP contribution in [-0.2, 0) is 9.63 Å². The van der Waals surface area contributed by atoms with E-state index in [9.17, 15) is 9.59 Å². The number of ketones is 1. The molecule has 3 aliphatic rings. The number of carbonyl (C=O) groups excluding carboxylic acids is 2. The number of carbonyl (C=O) groups is 2. The Morgan fingerprint density at radius 3 is 2.77 bits per heavy atom. The number of hydrogen-bond donors (Lipinski definition) is 1. The van der Waals surface area contributed by atoms with Crippen molar-refractivity contribution in [3.8, 4) is 0 Å². The van der Waals surface area contributed by atoms with E-state index in [-0.39, 0.29) is 17.6 Å². The van der Waals surface area contributed by atoms with Crippen LogP contribution >= 0.6 is 0 Å². The first kappa shape index (κ1) is 13.1. The van der Waals surface area contributed by atoms with E-state index >= 15 is 0 Å². The van der Waals surface area contributed by atoms with Crippen molar-refractivity contribution < 1.29 is 14.4 Å². The van der Waals surface area contributed by atoms with E-state index < -0.39 is 5.97 Å². The number of nitrogens with one attached hydrogen (secondary N) is 1. The lowest BCUT2D eigenvalue weighted by atomic mass is 9.81. The third kappa shape index (κ3) is 1.99. The van der Waals surface area contributed by atoms with Gasteiger partial charge in [0.05, 0.1) is 17.2 Å². The van der Waals surface area contributed by atoms with Crippen molar-refractivity contribution in [1.29, 1.82) is 0 Å². The van der Waals surface area contributed by atoms with Crippen LogP contribution < -0.4 is 5.48 Å². The maximum atomic E-state index is 12.1. The molecule has 1 fully saturated rings. The molecule has 4 nitrogen and oxygen atoms in total. The Bertz CT molecular complexity index is 730. The Hall–Kier alpha value is -2.62. The van der Waals surface area contributed by atoms with E-state index in [1.807, 2.05) is 6.07 Å². The molecule has 1 N–H and O–H groups in total. The van der Waals surface area contributed by atoms with Gasteiger partial charge in [0.15, 0.2) is 5.78 Å². The van der Waals surface area contributed by atoms with E-state index in [0.717, 1.165) is 17.7 Å². The van der Waals surface area contributed by atoms with Gasteiger partial charge < -0.3 is 4.84 Å². The zero-order valence-corrected chi connectivity index (χ0v) is 11.9. The Balaban J connectivity index is 1.54. The lowest BCUT2D eigenvalue weighted by Crippen LogP contribution is -2.29. The normalized spacial score (nSPS) is 28.0. The molecule has 110 valence electrons. The Kier molecular flexibility index (Phi) is 2.96. The standard InChI is InChI=1S/C18H15NO3/c20-15-9-8-14(16-12-6-7-13(10-12)17(15)16)19-22-18(21)11-4-2-1-3-5-11/h1-9,12-13,17,19H,10H2.